The average molecular weight is 487 g/mol. The molecule has 8 nitrogen and oxygen atoms in total. The van der Waals surface area contributed by atoms with Gasteiger partial charge in [0.2, 0.25) is 0 Å². The number of hydrogen-bond donors (Lipinski definition) is 2. The number of hydrogen-bond acceptors (Lipinski definition) is 5. The van der Waals surface area contributed by atoms with Crippen LogP contribution in [0.4, 0.5) is 19.4 Å². The summed E-state index contributed by atoms with van der Waals surface area (Å²) in [6, 6.07) is 4.04. The minimum absolute atomic E-state index is 0.0439. The summed E-state index contributed by atoms with van der Waals surface area (Å²) in [4.78, 5) is 42.3. The molecule has 1 amide bonds. The van der Waals surface area contributed by atoms with Gasteiger partial charge in [-0.05, 0) is 55.7 Å². The van der Waals surface area contributed by atoms with Crippen LogP contribution in [0.1, 0.15) is 61.7 Å². The van der Waals surface area contributed by atoms with Crippen molar-refractivity contribution in [2.24, 2.45) is 0 Å². The highest BCUT2D eigenvalue weighted by Gasteiger charge is 2.33. The van der Waals surface area contributed by atoms with Crippen LogP contribution in [-0.2, 0) is 9.53 Å². The van der Waals surface area contributed by atoms with Gasteiger partial charge in [-0.1, -0.05) is 18.2 Å². The highest BCUT2D eigenvalue weighted by atomic mass is 19.2. The first-order valence-electron chi connectivity index (χ1n) is 12.1. The van der Waals surface area contributed by atoms with Crippen LogP contribution in [0, 0.1) is 11.6 Å². The number of carbonyl (C=O) groups excluding carboxylic acids is 2. The third kappa shape index (κ3) is 4.61. The number of ether oxygens (including phenoxy) is 1. The number of nitrogens with one attached hydrogen (secondary N) is 2. The molecule has 0 spiro atoms. The SMILES string of the molecule is O=C1CCC(c2cccc(F)c2F)CCC1OC(=O)N1CCC(n2c3c([nH]c2=O)NCC=C3)CC1. The Morgan fingerprint density at radius 1 is 1.06 bits per heavy atom. The quantitative estimate of drug-likeness (QED) is 0.641. The second-order valence-corrected chi connectivity index (χ2v) is 9.36. The molecule has 35 heavy (non-hydrogen) atoms. The number of H-pyrrole nitrogens is 1. The minimum Gasteiger partial charge on any atom is -0.438 e. The van der Waals surface area contributed by atoms with Gasteiger partial charge in [0.15, 0.2) is 23.5 Å². The van der Waals surface area contributed by atoms with Crippen molar-refractivity contribution in [2.75, 3.05) is 25.0 Å². The Kier molecular flexibility index (Phi) is 6.44. The first kappa shape index (κ1) is 23.3. The molecule has 0 bridgehead atoms. The van der Waals surface area contributed by atoms with Crippen LogP contribution in [0.2, 0.25) is 0 Å². The lowest BCUT2D eigenvalue weighted by atomic mass is 9.91. The molecule has 2 fully saturated rings. The van der Waals surface area contributed by atoms with E-state index in [1.165, 1.54) is 6.07 Å². The number of halogens is 2. The van der Waals surface area contributed by atoms with E-state index in [1.807, 2.05) is 12.2 Å². The molecular weight excluding hydrogens is 458 g/mol. The normalized spacial score (nSPS) is 22.9. The van der Waals surface area contributed by atoms with E-state index in [0.717, 1.165) is 11.8 Å². The number of imidazole rings is 1. The lowest BCUT2D eigenvalue weighted by molar-refractivity contribution is -0.127. The number of anilines is 1. The van der Waals surface area contributed by atoms with Gasteiger partial charge in [-0.25, -0.2) is 18.4 Å². The summed E-state index contributed by atoms with van der Waals surface area (Å²) in [5.41, 5.74) is 0.901. The molecule has 1 aromatic carbocycles. The van der Waals surface area contributed by atoms with E-state index >= 15 is 0 Å². The van der Waals surface area contributed by atoms with Crippen molar-refractivity contribution < 1.29 is 23.1 Å². The zero-order valence-corrected chi connectivity index (χ0v) is 19.3. The number of Topliss-reactive ketones (excluding diaryl/α,β-unsaturated/α-hetero) is 1. The Morgan fingerprint density at radius 2 is 1.86 bits per heavy atom. The van der Waals surface area contributed by atoms with Crippen LogP contribution in [0.5, 0.6) is 0 Å². The molecule has 186 valence electrons. The van der Waals surface area contributed by atoms with E-state index in [-0.39, 0.29) is 41.8 Å². The minimum atomic E-state index is -0.904. The van der Waals surface area contributed by atoms with Gasteiger partial charge < -0.3 is 15.0 Å². The molecule has 3 heterocycles. The molecule has 2 N–H and O–H groups in total. The third-order valence-electron chi connectivity index (χ3n) is 7.27. The number of fused-ring (bicyclic) bond motifs is 1. The fraction of sp³-hybridized carbons (Fsp3) is 0.480. The van der Waals surface area contributed by atoms with Gasteiger partial charge in [0.05, 0.1) is 5.69 Å². The fourth-order valence-corrected chi connectivity index (χ4v) is 5.36. The standard InChI is InChI=1S/C25H28F2N4O4/c26-18-4-1-3-17(22(18)27)15-6-8-20(32)21(9-7-15)35-25(34)30-13-10-16(11-14-30)31-19-5-2-12-28-23(19)29-24(31)33/h1-5,15-16,21,28H,6-14H2,(H,29,33). The predicted octanol–water partition coefficient (Wildman–Crippen LogP) is 3.96. The zero-order chi connectivity index (χ0) is 24.5. The number of likely N-dealkylation sites (tertiary alicyclic amines) is 1. The smallest absolute Gasteiger partial charge is 0.410 e. The molecule has 3 aliphatic rings. The van der Waals surface area contributed by atoms with Crippen molar-refractivity contribution in [3.05, 3.63) is 57.7 Å². The lowest BCUT2D eigenvalue weighted by Crippen LogP contribution is -2.43. The summed E-state index contributed by atoms with van der Waals surface area (Å²) in [7, 11) is 0. The van der Waals surface area contributed by atoms with Crippen molar-refractivity contribution in [3.63, 3.8) is 0 Å². The first-order valence-corrected chi connectivity index (χ1v) is 12.1. The molecule has 1 saturated heterocycles. The van der Waals surface area contributed by atoms with Crippen LogP contribution in [0.25, 0.3) is 6.08 Å². The van der Waals surface area contributed by atoms with Gasteiger partial charge in [-0.2, -0.15) is 0 Å². The zero-order valence-electron chi connectivity index (χ0n) is 19.3. The number of carbonyl (C=O) groups is 2. The van der Waals surface area contributed by atoms with Crippen LogP contribution in [-0.4, -0.2) is 52.1 Å². The second-order valence-electron chi connectivity index (χ2n) is 9.36. The van der Waals surface area contributed by atoms with E-state index in [0.29, 0.717) is 51.1 Å². The van der Waals surface area contributed by atoms with Crippen LogP contribution in [0.15, 0.2) is 29.1 Å². The van der Waals surface area contributed by atoms with E-state index < -0.39 is 23.8 Å². The predicted molar refractivity (Wildman–Crippen MR) is 125 cm³/mol. The maximum atomic E-state index is 14.2. The molecule has 0 radical (unpaired) electrons. The third-order valence-corrected chi connectivity index (χ3v) is 7.27. The van der Waals surface area contributed by atoms with Gasteiger partial charge in [0.25, 0.3) is 0 Å². The van der Waals surface area contributed by atoms with Crippen molar-refractivity contribution in [3.8, 4) is 0 Å². The van der Waals surface area contributed by atoms with Crippen molar-refractivity contribution in [1.29, 1.82) is 0 Å². The summed E-state index contributed by atoms with van der Waals surface area (Å²) in [6.07, 6.45) is 4.84. The van der Waals surface area contributed by atoms with Gasteiger partial charge >= 0.3 is 11.8 Å². The number of piperidine rings is 1. The average Bonchev–Trinajstić information content (AvgIpc) is 3.09. The molecule has 2 atom stereocenters. The van der Waals surface area contributed by atoms with Crippen LogP contribution < -0.4 is 11.0 Å². The molecule has 2 aromatic rings. The lowest BCUT2D eigenvalue weighted by Gasteiger charge is -2.33. The number of aromatic amines is 1. The second kappa shape index (κ2) is 9.67. The number of amides is 1. The molecule has 1 aromatic heterocycles. The fourth-order valence-electron chi connectivity index (χ4n) is 5.36. The van der Waals surface area contributed by atoms with E-state index in [1.54, 1.807) is 15.5 Å². The van der Waals surface area contributed by atoms with Crippen molar-refractivity contribution in [2.45, 2.75) is 56.6 Å². The molecule has 1 aliphatic carbocycles. The molecule has 5 rings (SSSR count). The van der Waals surface area contributed by atoms with E-state index in [4.69, 9.17) is 4.74 Å². The number of nitrogens with zero attached hydrogens (tertiary/aromatic N) is 2. The van der Waals surface area contributed by atoms with Crippen molar-refractivity contribution in [1.82, 2.24) is 14.5 Å². The molecule has 2 unspecified atom stereocenters. The summed E-state index contributed by atoms with van der Waals surface area (Å²) in [5, 5.41) is 3.14. The molecule has 2 aliphatic heterocycles. The summed E-state index contributed by atoms with van der Waals surface area (Å²) in [6.45, 7) is 1.48. The van der Waals surface area contributed by atoms with E-state index in [2.05, 4.69) is 10.3 Å². The summed E-state index contributed by atoms with van der Waals surface area (Å²) < 4.78 is 35.2. The molecule has 10 heteroatoms. The van der Waals surface area contributed by atoms with E-state index in [9.17, 15) is 23.2 Å². The van der Waals surface area contributed by atoms with Crippen LogP contribution in [0.3, 0.4) is 0 Å². The van der Waals surface area contributed by atoms with Crippen LogP contribution >= 0.6 is 0 Å². The summed E-state index contributed by atoms with van der Waals surface area (Å²) in [5.74, 6) is -1.57. The Hall–Kier alpha value is -3.43. The van der Waals surface area contributed by atoms with Gasteiger partial charge in [0.1, 0.15) is 5.82 Å². The van der Waals surface area contributed by atoms with Crippen molar-refractivity contribution >= 4 is 23.8 Å². The van der Waals surface area contributed by atoms with Gasteiger partial charge in [-0.15, -0.1) is 0 Å². The molecular formula is C25H28F2N4O4. The highest BCUT2D eigenvalue weighted by Crippen LogP contribution is 2.34. The number of rotatable bonds is 3. The monoisotopic (exact) mass is 486 g/mol. The maximum Gasteiger partial charge on any atom is 0.410 e. The summed E-state index contributed by atoms with van der Waals surface area (Å²) >= 11 is 0. The Labute approximate surface area is 200 Å². The molecule has 1 saturated carbocycles. The number of aromatic nitrogens is 2. The largest absolute Gasteiger partial charge is 0.438 e. The Morgan fingerprint density at radius 3 is 2.66 bits per heavy atom. The Balaban J connectivity index is 1.18. The first-order chi connectivity index (χ1) is 16.9. The topological polar surface area (TPSA) is 96.4 Å². The van der Waals surface area contributed by atoms with Gasteiger partial charge in [-0.3, -0.25) is 14.3 Å². The Bertz CT molecular complexity index is 1210. The highest BCUT2D eigenvalue weighted by molar-refractivity contribution is 5.85. The maximum absolute atomic E-state index is 14.2. The number of ketones is 1. The number of benzene rings is 1. The van der Waals surface area contributed by atoms with Gasteiger partial charge in [0, 0.05) is 32.1 Å².